The molecule has 2 aromatic rings. The van der Waals surface area contributed by atoms with Crippen molar-refractivity contribution in [1.82, 2.24) is 5.32 Å². The zero-order chi connectivity index (χ0) is 17.7. The number of carbonyl (C=O) groups is 2. The van der Waals surface area contributed by atoms with E-state index in [2.05, 4.69) is 29.6 Å². The molecule has 0 spiro atoms. The molecule has 5 heteroatoms. The number of fused-ring (bicyclic) bond motifs is 1. The van der Waals surface area contributed by atoms with E-state index in [1.165, 1.54) is 5.39 Å². The van der Waals surface area contributed by atoms with Gasteiger partial charge < -0.3 is 15.2 Å². The van der Waals surface area contributed by atoms with E-state index in [0.717, 1.165) is 10.9 Å². The second-order valence-electron chi connectivity index (χ2n) is 6.69. The Kier molecular flexibility index (Phi) is 5.34. The van der Waals surface area contributed by atoms with Crippen molar-refractivity contribution in [1.29, 1.82) is 0 Å². The number of hydrogen-bond acceptors (Lipinski definition) is 3. The van der Waals surface area contributed by atoms with Gasteiger partial charge in [0.05, 0.1) is 12.0 Å². The van der Waals surface area contributed by atoms with Crippen molar-refractivity contribution in [3.8, 4) is 0 Å². The normalized spacial score (nSPS) is 16.5. The quantitative estimate of drug-likeness (QED) is 0.847. The van der Waals surface area contributed by atoms with Gasteiger partial charge in [0.2, 0.25) is 5.91 Å². The van der Waals surface area contributed by atoms with Crippen molar-refractivity contribution in [3.63, 3.8) is 0 Å². The SMILES string of the molecule is O=C(O)CC1(NC(=O)CCc2ccc3ccccc3c2)CCOCC1. The summed E-state index contributed by atoms with van der Waals surface area (Å²) in [6, 6.07) is 14.3. The molecule has 1 saturated heterocycles. The van der Waals surface area contributed by atoms with E-state index >= 15 is 0 Å². The Morgan fingerprint density at radius 3 is 2.52 bits per heavy atom. The lowest BCUT2D eigenvalue weighted by atomic mass is 9.86. The molecule has 0 unspecified atom stereocenters. The number of carbonyl (C=O) groups excluding carboxylic acids is 1. The van der Waals surface area contributed by atoms with E-state index in [-0.39, 0.29) is 12.3 Å². The van der Waals surface area contributed by atoms with Gasteiger partial charge in [0.25, 0.3) is 0 Å². The van der Waals surface area contributed by atoms with Crippen LogP contribution in [0.5, 0.6) is 0 Å². The monoisotopic (exact) mass is 341 g/mol. The van der Waals surface area contributed by atoms with Crippen LogP contribution in [-0.2, 0) is 20.7 Å². The molecule has 0 saturated carbocycles. The van der Waals surface area contributed by atoms with E-state index < -0.39 is 11.5 Å². The summed E-state index contributed by atoms with van der Waals surface area (Å²) in [4.78, 5) is 23.6. The number of hydrogen-bond donors (Lipinski definition) is 2. The fraction of sp³-hybridized carbons (Fsp3) is 0.400. The molecule has 0 aromatic heterocycles. The molecule has 2 N–H and O–H groups in total. The van der Waals surface area contributed by atoms with Crippen molar-refractivity contribution >= 4 is 22.6 Å². The van der Waals surface area contributed by atoms with Crippen molar-refractivity contribution < 1.29 is 19.4 Å². The summed E-state index contributed by atoms with van der Waals surface area (Å²) in [6.07, 6.45) is 2.01. The van der Waals surface area contributed by atoms with E-state index in [4.69, 9.17) is 9.84 Å². The Morgan fingerprint density at radius 2 is 1.80 bits per heavy atom. The van der Waals surface area contributed by atoms with E-state index in [0.29, 0.717) is 38.9 Å². The molecule has 0 bridgehead atoms. The third-order valence-corrected chi connectivity index (χ3v) is 4.80. The van der Waals surface area contributed by atoms with Crippen LogP contribution in [0.15, 0.2) is 42.5 Å². The van der Waals surface area contributed by atoms with Gasteiger partial charge >= 0.3 is 5.97 Å². The third kappa shape index (κ3) is 4.57. The molecule has 25 heavy (non-hydrogen) atoms. The van der Waals surface area contributed by atoms with Gasteiger partial charge in [-0.2, -0.15) is 0 Å². The van der Waals surface area contributed by atoms with Crippen LogP contribution in [-0.4, -0.2) is 35.7 Å². The minimum atomic E-state index is -0.892. The van der Waals surface area contributed by atoms with Gasteiger partial charge in [0, 0.05) is 19.6 Å². The van der Waals surface area contributed by atoms with Gasteiger partial charge in [-0.15, -0.1) is 0 Å². The summed E-state index contributed by atoms with van der Waals surface area (Å²) in [6.45, 7) is 0.969. The van der Waals surface area contributed by atoms with Crippen LogP contribution in [0.25, 0.3) is 10.8 Å². The molecule has 0 atom stereocenters. The van der Waals surface area contributed by atoms with Gasteiger partial charge in [-0.1, -0.05) is 42.5 Å². The molecule has 1 aliphatic rings. The molecular weight excluding hydrogens is 318 g/mol. The van der Waals surface area contributed by atoms with Crippen molar-refractivity contribution in [2.75, 3.05) is 13.2 Å². The summed E-state index contributed by atoms with van der Waals surface area (Å²) in [5.41, 5.74) is 0.429. The zero-order valence-electron chi connectivity index (χ0n) is 14.2. The molecule has 1 fully saturated rings. The largest absolute Gasteiger partial charge is 0.481 e. The molecule has 1 aliphatic heterocycles. The fourth-order valence-corrected chi connectivity index (χ4v) is 3.41. The number of carboxylic acid groups (broad SMARTS) is 1. The summed E-state index contributed by atoms with van der Waals surface area (Å²) >= 11 is 0. The minimum absolute atomic E-state index is 0.0575. The Balaban J connectivity index is 1.61. The van der Waals surface area contributed by atoms with Crippen LogP contribution in [0, 0.1) is 0 Å². The first kappa shape index (κ1) is 17.4. The second-order valence-corrected chi connectivity index (χ2v) is 6.69. The number of benzene rings is 2. The highest BCUT2D eigenvalue weighted by atomic mass is 16.5. The highest BCUT2D eigenvalue weighted by Gasteiger charge is 2.36. The van der Waals surface area contributed by atoms with Gasteiger partial charge in [-0.25, -0.2) is 0 Å². The molecule has 1 heterocycles. The number of nitrogens with one attached hydrogen (secondary N) is 1. The van der Waals surface area contributed by atoms with Crippen molar-refractivity contribution in [2.24, 2.45) is 0 Å². The molecule has 1 amide bonds. The molecule has 2 aromatic carbocycles. The molecule has 0 aliphatic carbocycles. The number of carboxylic acids is 1. The van der Waals surface area contributed by atoms with Gasteiger partial charge in [0.1, 0.15) is 0 Å². The molecule has 5 nitrogen and oxygen atoms in total. The highest BCUT2D eigenvalue weighted by molar-refractivity contribution is 5.83. The number of rotatable bonds is 6. The topological polar surface area (TPSA) is 75.6 Å². The van der Waals surface area contributed by atoms with Crippen molar-refractivity contribution in [2.45, 2.75) is 37.6 Å². The van der Waals surface area contributed by atoms with Crippen LogP contribution in [0.1, 0.15) is 31.2 Å². The van der Waals surface area contributed by atoms with Gasteiger partial charge in [-0.05, 0) is 35.6 Å². The maximum Gasteiger partial charge on any atom is 0.305 e. The second kappa shape index (κ2) is 7.66. The first-order valence-electron chi connectivity index (χ1n) is 8.65. The Bertz CT molecular complexity index is 765. The van der Waals surface area contributed by atoms with E-state index in [9.17, 15) is 9.59 Å². The first-order valence-corrected chi connectivity index (χ1v) is 8.65. The molecular formula is C20H23NO4. The van der Waals surface area contributed by atoms with Crippen LogP contribution in [0.2, 0.25) is 0 Å². The number of ether oxygens (including phenoxy) is 1. The zero-order valence-corrected chi connectivity index (χ0v) is 14.2. The lowest BCUT2D eigenvalue weighted by Gasteiger charge is -2.36. The standard InChI is InChI=1S/C20H23NO4/c22-18(21-20(14-19(23)24)9-11-25-12-10-20)8-6-15-5-7-16-3-1-2-4-17(16)13-15/h1-5,7,13H,6,8-12,14H2,(H,21,22)(H,23,24). The maximum absolute atomic E-state index is 12.4. The summed E-state index contributed by atoms with van der Waals surface area (Å²) < 4.78 is 5.31. The third-order valence-electron chi connectivity index (χ3n) is 4.80. The first-order chi connectivity index (χ1) is 12.1. The van der Waals surface area contributed by atoms with Crippen LogP contribution >= 0.6 is 0 Å². The number of aliphatic carboxylic acids is 1. The van der Waals surface area contributed by atoms with Gasteiger partial charge in [0.15, 0.2) is 0 Å². The lowest BCUT2D eigenvalue weighted by Crippen LogP contribution is -2.53. The maximum atomic E-state index is 12.4. The number of amides is 1. The summed E-state index contributed by atoms with van der Waals surface area (Å²) in [5.74, 6) is -0.993. The smallest absolute Gasteiger partial charge is 0.305 e. The van der Waals surface area contributed by atoms with E-state index in [1.807, 2.05) is 18.2 Å². The summed E-state index contributed by atoms with van der Waals surface area (Å²) in [7, 11) is 0. The predicted octanol–water partition coefficient (Wildman–Crippen LogP) is 2.91. The Morgan fingerprint density at radius 1 is 1.08 bits per heavy atom. The lowest BCUT2D eigenvalue weighted by molar-refractivity contribution is -0.140. The minimum Gasteiger partial charge on any atom is -0.481 e. The average molecular weight is 341 g/mol. The van der Waals surface area contributed by atoms with Crippen LogP contribution in [0.4, 0.5) is 0 Å². The molecule has 0 radical (unpaired) electrons. The van der Waals surface area contributed by atoms with Crippen LogP contribution < -0.4 is 5.32 Å². The van der Waals surface area contributed by atoms with E-state index in [1.54, 1.807) is 0 Å². The highest BCUT2D eigenvalue weighted by Crippen LogP contribution is 2.25. The fourth-order valence-electron chi connectivity index (χ4n) is 3.41. The molecule has 3 rings (SSSR count). The van der Waals surface area contributed by atoms with Crippen LogP contribution in [0.3, 0.4) is 0 Å². The Hall–Kier alpha value is -2.40. The van der Waals surface area contributed by atoms with Gasteiger partial charge in [-0.3, -0.25) is 9.59 Å². The Labute approximate surface area is 147 Å². The predicted molar refractivity (Wildman–Crippen MR) is 95.4 cm³/mol. The average Bonchev–Trinajstić information content (AvgIpc) is 2.60. The van der Waals surface area contributed by atoms with Crippen molar-refractivity contribution in [3.05, 3.63) is 48.0 Å². The summed E-state index contributed by atoms with van der Waals surface area (Å²) in [5, 5.41) is 14.5. The number of aryl methyl sites for hydroxylation is 1. The molecule has 132 valence electrons.